The summed E-state index contributed by atoms with van der Waals surface area (Å²) in [7, 11) is -7.71. The molecule has 0 aliphatic carbocycles. The van der Waals surface area contributed by atoms with E-state index in [0.29, 0.717) is 5.69 Å². The molecule has 0 radical (unpaired) electrons. The Labute approximate surface area is 303 Å². The maximum absolute atomic E-state index is 13.1. The highest BCUT2D eigenvalue weighted by atomic mass is 32.2. The monoisotopic (exact) mass is 768 g/mol. The zero-order chi connectivity index (χ0) is 38.9. The molecule has 0 bridgehead atoms. The van der Waals surface area contributed by atoms with Gasteiger partial charge in [0, 0.05) is 17.7 Å². The van der Waals surface area contributed by atoms with Crippen LogP contribution in [0.15, 0.2) is 109 Å². The number of azo groups is 2. The quantitative estimate of drug-likeness (QED) is 0.0592. The van der Waals surface area contributed by atoms with Crippen LogP contribution in [0.2, 0.25) is 0 Å². The summed E-state index contributed by atoms with van der Waals surface area (Å²) in [5.74, 6) is -2.04. The number of aliphatic hydroxyl groups excluding tert-OH is 1. The second-order valence-corrected chi connectivity index (χ2v) is 13.7. The lowest BCUT2D eigenvalue weighted by atomic mass is 10.1. The van der Waals surface area contributed by atoms with Gasteiger partial charge in [-0.25, -0.2) is 0 Å². The summed E-state index contributed by atoms with van der Waals surface area (Å²) in [6.07, 6.45) is 0. The van der Waals surface area contributed by atoms with Crippen LogP contribution in [-0.2, 0) is 29.8 Å². The van der Waals surface area contributed by atoms with E-state index >= 15 is 0 Å². The van der Waals surface area contributed by atoms with Crippen molar-refractivity contribution < 1.29 is 54.9 Å². The predicted molar refractivity (Wildman–Crippen MR) is 189 cm³/mol. The van der Waals surface area contributed by atoms with Crippen molar-refractivity contribution in [3.63, 3.8) is 0 Å². The molecule has 18 nitrogen and oxygen atoms in total. The van der Waals surface area contributed by atoms with E-state index in [4.69, 9.17) is 14.0 Å². The lowest BCUT2D eigenvalue weighted by Crippen LogP contribution is -2.32. The van der Waals surface area contributed by atoms with Gasteiger partial charge in [-0.3, -0.25) is 23.5 Å². The number of hydrogen-bond acceptors (Lipinski definition) is 14. The highest BCUT2D eigenvalue weighted by Gasteiger charge is 2.26. The summed E-state index contributed by atoms with van der Waals surface area (Å²) < 4.78 is 75.0. The van der Waals surface area contributed by atoms with Crippen LogP contribution in [-0.4, -0.2) is 75.0 Å². The molecule has 0 aliphatic heterocycles. The molecule has 0 saturated heterocycles. The number of aryl methyl sites for hydroxylation is 1. The number of amides is 2. The maximum Gasteiger partial charge on any atom is 0.294 e. The number of aliphatic hydroxyl groups is 1. The van der Waals surface area contributed by atoms with Crippen LogP contribution in [0.5, 0.6) is 11.5 Å². The third kappa shape index (κ3) is 10.8. The Morgan fingerprint density at radius 3 is 1.94 bits per heavy atom. The van der Waals surface area contributed by atoms with Crippen LogP contribution < -0.4 is 20.1 Å². The van der Waals surface area contributed by atoms with Crippen molar-refractivity contribution in [2.45, 2.75) is 29.7 Å². The third-order valence-electron chi connectivity index (χ3n) is 7.06. The molecule has 0 spiro atoms. The Morgan fingerprint density at radius 2 is 1.36 bits per heavy atom. The molecule has 0 aliphatic rings. The van der Waals surface area contributed by atoms with Gasteiger partial charge in [0.2, 0.25) is 6.04 Å². The number of ketones is 1. The van der Waals surface area contributed by atoms with Gasteiger partial charge >= 0.3 is 0 Å². The van der Waals surface area contributed by atoms with Gasteiger partial charge < -0.3 is 25.2 Å². The molecule has 0 heterocycles. The fraction of sp³-hybridized carbons (Fsp3) is 0.182. The average Bonchev–Trinajstić information content (AvgIpc) is 3.10. The van der Waals surface area contributed by atoms with Crippen LogP contribution in [0, 0.1) is 6.92 Å². The molecule has 278 valence electrons. The Hall–Kier alpha value is -5.93. The van der Waals surface area contributed by atoms with E-state index in [0.717, 1.165) is 25.1 Å². The van der Waals surface area contributed by atoms with Crippen molar-refractivity contribution in [2.24, 2.45) is 20.5 Å². The highest BCUT2D eigenvalue weighted by Crippen LogP contribution is 2.33. The molecule has 1 atom stereocenters. The van der Waals surface area contributed by atoms with Gasteiger partial charge in [0.1, 0.15) is 23.0 Å². The van der Waals surface area contributed by atoms with E-state index in [1.54, 1.807) is 0 Å². The molecule has 4 rings (SSSR count). The molecule has 2 amide bonds. The van der Waals surface area contributed by atoms with Gasteiger partial charge in [-0.05, 0) is 86.1 Å². The number of Topliss-reactive ketones (excluding diaryl/α,β-unsaturated/α-hetero) is 1. The zero-order valence-electron chi connectivity index (χ0n) is 28.1. The Balaban J connectivity index is 1.45. The lowest BCUT2D eigenvalue weighted by Gasteiger charge is -2.15. The van der Waals surface area contributed by atoms with Crippen molar-refractivity contribution in [3.8, 4) is 11.5 Å². The minimum Gasteiger partial charge on any atom is -0.495 e. The Morgan fingerprint density at radius 1 is 0.755 bits per heavy atom. The van der Waals surface area contributed by atoms with Gasteiger partial charge in [-0.1, -0.05) is 0 Å². The fourth-order valence-corrected chi connectivity index (χ4v) is 5.69. The molecule has 0 saturated carbocycles. The summed E-state index contributed by atoms with van der Waals surface area (Å²) in [6, 6.07) is 15.8. The number of methoxy groups -OCH3 is 1. The standard InChI is InChI=1S/C33H32N6O12S2/c1-19-16-27(28(50-3)18-30(19)53(47,48)49)35-33(43)31(20(2)41)39-37-22-6-4-21(5-7-22)32(42)34-26-13-10-24(17-29(26)51-15-14-40)38-36-23-8-11-25(12-9-23)52(44,45)46/h4-13,16-18,31,40H,14-15H2,1-3H3,(H,34,42)(H,35,43)(H,44,45,46)(H,47,48,49)/b38-36+,39-37+. The van der Waals surface area contributed by atoms with Crippen LogP contribution in [0.25, 0.3) is 0 Å². The number of carbonyl (C=O) groups excluding carboxylic acids is 3. The molecule has 53 heavy (non-hydrogen) atoms. The van der Waals surface area contributed by atoms with Gasteiger partial charge in [-0.15, -0.1) is 0 Å². The van der Waals surface area contributed by atoms with Crippen LogP contribution in [0.1, 0.15) is 22.8 Å². The molecule has 4 aromatic rings. The van der Waals surface area contributed by atoms with Crippen molar-refractivity contribution in [3.05, 3.63) is 90.0 Å². The highest BCUT2D eigenvalue weighted by molar-refractivity contribution is 7.86. The number of nitrogens with one attached hydrogen (secondary N) is 2. The number of anilines is 2. The smallest absolute Gasteiger partial charge is 0.294 e. The number of hydrogen-bond donors (Lipinski definition) is 5. The molecule has 5 N–H and O–H groups in total. The van der Waals surface area contributed by atoms with Crippen molar-refractivity contribution >= 4 is 66.3 Å². The van der Waals surface area contributed by atoms with Crippen LogP contribution >= 0.6 is 0 Å². The first kappa shape index (κ1) is 39.8. The Kier molecular flexibility index (Phi) is 12.8. The van der Waals surface area contributed by atoms with Crippen LogP contribution in [0.4, 0.5) is 28.4 Å². The maximum atomic E-state index is 13.1. The molecular weight excluding hydrogens is 737 g/mol. The summed E-state index contributed by atoms with van der Waals surface area (Å²) in [6.45, 7) is 2.09. The summed E-state index contributed by atoms with van der Waals surface area (Å²) in [5.41, 5.74) is 1.33. The first-order valence-electron chi connectivity index (χ1n) is 15.2. The van der Waals surface area contributed by atoms with E-state index < -0.39 is 48.8 Å². The number of nitrogens with zero attached hydrogens (tertiary/aromatic N) is 4. The van der Waals surface area contributed by atoms with Crippen molar-refractivity contribution in [1.29, 1.82) is 0 Å². The van der Waals surface area contributed by atoms with Crippen LogP contribution in [0.3, 0.4) is 0 Å². The van der Waals surface area contributed by atoms with Gasteiger partial charge in [0.15, 0.2) is 5.78 Å². The first-order valence-corrected chi connectivity index (χ1v) is 18.0. The van der Waals surface area contributed by atoms with Crippen molar-refractivity contribution in [1.82, 2.24) is 0 Å². The molecule has 4 aromatic carbocycles. The topological polar surface area (TPSA) is 272 Å². The normalized spacial score (nSPS) is 12.4. The largest absolute Gasteiger partial charge is 0.495 e. The number of ether oxygens (including phenoxy) is 2. The number of benzene rings is 4. The molecular formula is C33H32N6O12S2. The minimum atomic E-state index is -4.57. The van der Waals surface area contributed by atoms with Crippen molar-refractivity contribution in [2.75, 3.05) is 31.0 Å². The van der Waals surface area contributed by atoms with E-state index in [1.807, 2.05) is 0 Å². The average molecular weight is 769 g/mol. The summed E-state index contributed by atoms with van der Waals surface area (Å²) in [4.78, 5) is 37.7. The Bertz CT molecular complexity index is 2300. The second-order valence-electron chi connectivity index (χ2n) is 10.9. The molecule has 1 unspecified atom stereocenters. The minimum absolute atomic E-state index is 0.0227. The third-order valence-corrected chi connectivity index (χ3v) is 8.93. The van der Waals surface area contributed by atoms with E-state index in [1.165, 1.54) is 74.7 Å². The van der Waals surface area contributed by atoms with E-state index in [9.17, 15) is 40.9 Å². The lowest BCUT2D eigenvalue weighted by molar-refractivity contribution is -0.126. The zero-order valence-corrected chi connectivity index (χ0v) is 29.8. The number of carbonyl (C=O) groups is 3. The first-order chi connectivity index (χ1) is 25.0. The summed E-state index contributed by atoms with van der Waals surface area (Å²) in [5, 5.41) is 30.3. The van der Waals surface area contributed by atoms with Gasteiger partial charge in [0.05, 0.1) is 47.0 Å². The molecule has 0 aromatic heterocycles. The molecule has 20 heteroatoms. The van der Waals surface area contributed by atoms with Gasteiger partial charge in [0.25, 0.3) is 32.1 Å². The SMILES string of the molecule is COc1cc(S(=O)(=O)O)c(C)cc1NC(=O)C(/N=N/c1ccc(C(=O)Nc2ccc(/N=N/c3ccc(S(=O)(=O)O)cc3)cc2OCCO)cc1)C(C)=O. The fourth-order valence-electron chi connectivity index (χ4n) is 4.48. The number of rotatable bonds is 15. The van der Waals surface area contributed by atoms with Gasteiger partial charge in [-0.2, -0.15) is 37.3 Å². The predicted octanol–water partition coefficient (Wildman–Crippen LogP) is 5.22. The molecule has 0 fully saturated rings. The van der Waals surface area contributed by atoms with E-state index in [2.05, 4.69) is 31.1 Å². The summed E-state index contributed by atoms with van der Waals surface area (Å²) >= 11 is 0. The second kappa shape index (κ2) is 17.1. The van der Waals surface area contributed by atoms with E-state index in [-0.39, 0.29) is 63.5 Å².